The Morgan fingerprint density at radius 1 is 1.13 bits per heavy atom. The van der Waals surface area contributed by atoms with Crippen molar-refractivity contribution in [2.24, 2.45) is 0 Å². The predicted octanol–water partition coefficient (Wildman–Crippen LogP) is 5.23. The number of amides is 1. The van der Waals surface area contributed by atoms with Crippen LogP contribution in [0.15, 0.2) is 75.9 Å². The number of carbonyl (C=O) groups excluding carboxylic acids is 1. The van der Waals surface area contributed by atoms with Crippen LogP contribution in [-0.4, -0.2) is 20.7 Å². The van der Waals surface area contributed by atoms with Gasteiger partial charge in [-0.25, -0.2) is 9.67 Å². The van der Waals surface area contributed by atoms with Gasteiger partial charge in [-0.2, -0.15) is 5.10 Å². The van der Waals surface area contributed by atoms with Crippen LogP contribution in [0, 0.1) is 6.92 Å². The first-order chi connectivity index (χ1) is 14.6. The maximum absolute atomic E-state index is 12.4. The monoisotopic (exact) mass is 464 g/mol. The number of nitrogens with one attached hydrogen (secondary N) is 1. The number of hydrogen-bond acceptors (Lipinski definition) is 4. The molecule has 0 aliphatic rings. The fourth-order valence-corrected chi connectivity index (χ4v) is 3.47. The molecule has 0 unspecified atom stereocenters. The summed E-state index contributed by atoms with van der Waals surface area (Å²) in [5, 5.41) is 7.24. The second-order valence-corrected chi connectivity index (χ2v) is 7.85. The lowest BCUT2D eigenvalue weighted by molar-refractivity contribution is -0.116. The van der Waals surface area contributed by atoms with Crippen LogP contribution in [0.4, 0.5) is 5.82 Å². The summed E-state index contributed by atoms with van der Waals surface area (Å²) < 4.78 is 8.57. The molecule has 0 saturated carbocycles. The lowest BCUT2D eigenvalue weighted by Crippen LogP contribution is -2.16. The Hall–Kier alpha value is -3.19. The third kappa shape index (κ3) is 4.86. The first-order valence-corrected chi connectivity index (χ1v) is 10.4. The van der Waals surface area contributed by atoms with Gasteiger partial charge in [0, 0.05) is 28.9 Å². The van der Waals surface area contributed by atoms with Crippen molar-refractivity contribution in [2.75, 3.05) is 5.32 Å². The second-order valence-electron chi connectivity index (χ2n) is 7.00. The van der Waals surface area contributed by atoms with Crippen molar-refractivity contribution >= 4 is 27.7 Å². The van der Waals surface area contributed by atoms with Gasteiger partial charge in [-0.3, -0.25) is 4.79 Å². The van der Waals surface area contributed by atoms with E-state index in [1.807, 2.05) is 55.5 Å². The smallest absolute Gasteiger partial charge is 0.226 e. The summed E-state index contributed by atoms with van der Waals surface area (Å²) in [7, 11) is 0. The minimum Gasteiger partial charge on any atom is -0.441 e. The molecule has 4 aromatic rings. The molecule has 0 aliphatic carbocycles. The van der Waals surface area contributed by atoms with E-state index in [1.165, 1.54) is 5.56 Å². The minimum absolute atomic E-state index is 0.112. The summed E-state index contributed by atoms with van der Waals surface area (Å²) >= 11 is 3.54. The van der Waals surface area contributed by atoms with Crippen LogP contribution >= 0.6 is 15.9 Å². The van der Waals surface area contributed by atoms with Crippen molar-refractivity contribution in [1.29, 1.82) is 0 Å². The first kappa shape index (κ1) is 20.1. The maximum Gasteiger partial charge on any atom is 0.226 e. The van der Waals surface area contributed by atoms with Crippen molar-refractivity contribution in [3.05, 3.63) is 88.5 Å². The third-order valence-corrected chi connectivity index (χ3v) is 5.49. The van der Waals surface area contributed by atoms with E-state index in [2.05, 4.69) is 31.3 Å². The standard InChI is InChI=1S/C23H21BrN4O2/c1-16-6-8-17(9-7-16)20-14-25-23(30-20)11-10-22(29)27-21-12-13-26-28(21)15-18-4-2-3-5-19(18)24/h2-9,12-14H,10-11,15H2,1H3,(H,27,29). The molecule has 0 radical (unpaired) electrons. The van der Waals surface area contributed by atoms with Crippen LogP contribution in [-0.2, 0) is 17.8 Å². The van der Waals surface area contributed by atoms with Crippen LogP contribution in [0.2, 0.25) is 0 Å². The molecule has 30 heavy (non-hydrogen) atoms. The molecular weight excluding hydrogens is 444 g/mol. The van der Waals surface area contributed by atoms with Crippen LogP contribution in [0.1, 0.15) is 23.4 Å². The van der Waals surface area contributed by atoms with Crippen LogP contribution in [0.25, 0.3) is 11.3 Å². The second kappa shape index (κ2) is 9.09. The van der Waals surface area contributed by atoms with E-state index < -0.39 is 0 Å². The summed E-state index contributed by atoms with van der Waals surface area (Å²) in [6.45, 7) is 2.60. The van der Waals surface area contributed by atoms with Gasteiger partial charge in [0.1, 0.15) is 5.82 Å². The fourth-order valence-electron chi connectivity index (χ4n) is 3.06. The van der Waals surface area contributed by atoms with E-state index in [9.17, 15) is 4.79 Å². The Morgan fingerprint density at radius 3 is 2.73 bits per heavy atom. The number of hydrogen-bond donors (Lipinski definition) is 1. The SMILES string of the molecule is Cc1ccc(-c2cnc(CCC(=O)Nc3ccnn3Cc3ccccc3Br)o2)cc1. The Balaban J connectivity index is 1.34. The highest BCUT2D eigenvalue weighted by atomic mass is 79.9. The first-order valence-electron chi connectivity index (χ1n) is 9.65. The number of rotatable bonds is 7. The van der Waals surface area contributed by atoms with Gasteiger partial charge in [-0.1, -0.05) is 64.0 Å². The number of aromatic nitrogens is 3. The Labute approximate surface area is 183 Å². The lowest BCUT2D eigenvalue weighted by atomic mass is 10.1. The predicted molar refractivity (Wildman–Crippen MR) is 119 cm³/mol. The molecule has 2 heterocycles. The number of aryl methyl sites for hydroxylation is 2. The zero-order valence-electron chi connectivity index (χ0n) is 16.5. The molecule has 0 fully saturated rings. The van der Waals surface area contributed by atoms with Crippen molar-refractivity contribution in [3.63, 3.8) is 0 Å². The molecule has 7 heteroatoms. The van der Waals surface area contributed by atoms with Gasteiger partial charge in [-0.05, 0) is 18.6 Å². The molecule has 0 aliphatic heterocycles. The highest BCUT2D eigenvalue weighted by Gasteiger charge is 2.12. The van der Waals surface area contributed by atoms with E-state index in [-0.39, 0.29) is 12.3 Å². The summed E-state index contributed by atoms with van der Waals surface area (Å²) in [6.07, 6.45) is 4.07. The van der Waals surface area contributed by atoms with Crippen LogP contribution < -0.4 is 5.32 Å². The third-order valence-electron chi connectivity index (χ3n) is 4.72. The molecular formula is C23H21BrN4O2. The maximum atomic E-state index is 12.4. The molecule has 1 N–H and O–H groups in total. The number of oxazole rings is 1. The molecule has 6 nitrogen and oxygen atoms in total. The van der Waals surface area contributed by atoms with Crippen molar-refractivity contribution in [3.8, 4) is 11.3 Å². The highest BCUT2D eigenvalue weighted by molar-refractivity contribution is 9.10. The van der Waals surface area contributed by atoms with E-state index in [0.29, 0.717) is 30.4 Å². The summed E-state index contributed by atoms with van der Waals surface area (Å²) in [5.74, 6) is 1.79. The highest BCUT2D eigenvalue weighted by Crippen LogP contribution is 2.22. The zero-order valence-corrected chi connectivity index (χ0v) is 18.1. The van der Waals surface area contributed by atoms with E-state index in [4.69, 9.17) is 4.42 Å². The van der Waals surface area contributed by atoms with Crippen molar-refractivity contribution < 1.29 is 9.21 Å². The lowest BCUT2D eigenvalue weighted by Gasteiger charge is -2.10. The average molecular weight is 465 g/mol. The average Bonchev–Trinajstić information content (AvgIpc) is 3.39. The molecule has 0 saturated heterocycles. The molecule has 152 valence electrons. The van der Waals surface area contributed by atoms with E-state index >= 15 is 0 Å². The number of anilines is 1. The van der Waals surface area contributed by atoms with Gasteiger partial charge in [0.2, 0.25) is 5.91 Å². The molecule has 0 atom stereocenters. The topological polar surface area (TPSA) is 73.0 Å². The van der Waals surface area contributed by atoms with Crippen LogP contribution in [0.3, 0.4) is 0 Å². The van der Waals surface area contributed by atoms with Gasteiger partial charge in [0.15, 0.2) is 11.7 Å². The number of benzene rings is 2. The van der Waals surface area contributed by atoms with Gasteiger partial charge >= 0.3 is 0 Å². The van der Waals surface area contributed by atoms with E-state index in [1.54, 1.807) is 23.1 Å². The van der Waals surface area contributed by atoms with Gasteiger partial charge < -0.3 is 9.73 Å². The summed E-state index contributed by atoms with van der Waals surface area (Å²) in [6, 6.07) is 17.8. The quantitative estimate of drug-likeness (QED) is 0.406. The Kier molecular flexibility index (Phi) is 6.09. The van der Waals surface area contributed by atoms with Gasteiger partial charge in [0.25, 0.3) is 0 Å². The minimum atomic E-state index is -0.112. The van der Waals surface area contributed by atoms with E-state index in [0.717, 1.165) is 15.6 Å². The largest absolute Gasteiger partial charge is 0.441 e. The Bertz CT molecular complexity index is 1150. The molecule has 2 aromatic carbocycles. The van der Waals surface area contributed by atoms with Gasteiger partial charge in [-0.15, -0.1) is 0 Å². The Morgan fingerprint density at radius 2 is 1.93 bits per heavy atom. The normalized spacial score (nSPS) is 10.9. The fraction of sp³-hybridized carbons (Fsp3) is 0.174. The number of carbonyl (C=O) groups is 1. The molecule has 1 amide bonds. The van der Waals surface area contributed by atoms with Gasteiger partial charge in [0.05, 0.1) is 18.9 Å². The molecule has 0 bridgehead atoms. The summed E-state index contributed by atoms with van der Waals surface area (Å²) in [4.78, 5) is 16.7. The molecule has 2 aromatic heterocycles. The summed E-state index contributed by atoms with van der Waals surface area (Å²) in [5.41, 5.74) is 3.24. The zero-order chi connectivity index (χ0) is 20.9. The number of nitrogens with zero attached hydrogens (tertiary/aromatic N) is 3. The van der Waals surface area contributed by atoms with Crippen LogP contribution in [0.5, 0.6) is 0 Å². The molecule has 0 spiro atoms. The van der Waals surface area contributed by atoms with Crippen molar-refractivity contribution in [2.45, 2.75) is 26.3 Å². The van der Waals surface area contributed by atoms with Crippen molar-refractivity contribution in [1.82, 2.24) is 14.8 Å². The molecule has 4 rings (SSSR count). The number of halogens is 1.